The van der Waals surface area contributed by atoms with E-state index in [-0.39, 0.29) is 40.3 Å². The molecule has 0 radical (unpaired) electrons. The number of amides is 1. The summed E-state index contributed by atoms with van der Waals surface area (Å²) in [5.41, 5.74) is 2.01. The number of carbonyl (C=O) groups excluding carboxylic acids is 3. The largest absolute Gasteiger partial charge is 0.412 e. The maximum Gasteiger partial charge on any atom is 0.363 e. The van der Waals surface area contributed by atoms with Gasteiger partial charge in [-0.05, 0) is 74.4 Å². The van der Waals surface area contributed by atoms with Gasteiger partial charge in [0.2, 0.25) is 0 Å². The van der Waals surface area contributed by atoms with E-state index >= 15 is 0 Å². The second-order valence-corrected chi connectivity index (χ2v) is 17.3. The Morgan fingerprint density at radius 1 is 1.22 bits per heavy atom. The van der Waals surface area contributed by atoms with Crippen LogP contribution in [-0.2, 0) is 18.9 Å². The van der Waals surface area contributed by atoms with Crippen LogP contribution in [0.2, 0.25) is 18.1 Å². The Balaban J connectivity index is 1.67. The highest BCUT2D eigenvalue weighted by molar-refractivity contribution is 6.74. The van der Waals surface area contributed by atoms with Crippen molar-refractivity contribution in [1.29, 1.82) is 0 Å². The van der Waals surface area contributed by atoms with Gasteiger partial charge in [0, 0.05) is 17.9 Å². The highest BCUT2D eigenvalue weighted by Crippen LogP contribution is 2.49. The first-order chi connectivity index (χ1) is 17.1. The lowest BCUT2D eigenvalue weighted by Gasteiger charge is -2.47. The van der Waals surface area contributed by atoms with Crippen molar-refractivity contribution in [2.45, 2.75) is 90.0 Å². The van der Waals surface area contributed by atoms with Crippen molar-refractivity contribution in [1.82, 2.24) is 5.06 Å². The van der Waals surface area contributed by atoms with Gasteiger partial charge < -0.3 is 9.26 Å². The van der Waals surface area contributed by atoms with Gasteiger partial charge in [-0.1, -0.05) is 62.7 Å². The molecule has 0 aromatic heterocycles. The van der Waals surface area contributed by atoms with Crippen molar-refractivity contribution in [2.24, 2.45) is 5.92 Å². The number of ketones is 1. The third-order valence-electron chi connectivity index (χ3n) is 7.94. The van der Waals surface area contributed by atoms with Crippen molar-refractivity contribution >= 4 is 37.6 Å². The summed E-state index contributed by atoms with van der Waals surface area (Å²) in [6.45, 7) is 17.0. The van der Waals surface area contributed by atoms with Crippen LogP contribution >= 0.6 is 11.6 Å². The van der Waals surface area contributed by atoms with Crippen LogP contribution in [0.5, 0.6) is 0 Å². The molecule has 1 aromatic carbocycles. The molecule has 3 rings (SSSR count). The van der Waals surface area contributed by atoms with Crippen LogP contribution in [0, 0.1) is 5.92 Å². The monoisotopic (exact) mass is 545 g/mol. The Hall–Kier alpha value is -2.22. The van der Waals surface area contributed by atoms with Crippen molar-refractivity contribution in [3.8, 4) is 0 Å². The van der Waals surface area contributed by atoms with Gasteiger partial charge in [0.15, 0.2) is 14.1 Å². The molecule has 1 fully saturated rings. The van der Waals surface area contributed by atoms with Gasteiger partial charge in [-0.25, -0.2) is 4.79 Å². The molecule has 2 aliphatic rings. The van der Waals surface area contributed by atoms with Crippen LogP contribution in [0.3, 0.4) is 0 Å². The van der Waals surface area contributed by atoms with Crippen LogP contribution in [0.1, 0.15) is 76.6 Å². The number of Topliss-reactive ketones (excluding diaryl/α,β-unsaturated/α-hetero) is 1. The van der Waals surface area contributed by atoms with Gasteiger partial charge in [-0.2, -0.15) is 5.06 Å². The number of nitrogens with zero attached hydrogens (tertiary/aromatic N) is 1. The summed E-state index contributed by atoms with van der Waals surface area (Å²) >= 11 is 5.94. The molecule has 1 amide bonds. The van der Waals surface area contributed by atoms with E-state index in [4.69, 9.17) is 20.9 Å². The molecular weight excluding hydrogens is 506 g/mol. The topological polar surface area (TPSA) is 72.9 Å². The van der Waals surface area contributed by atoms with Crippen molar-refractivity contribution in [3.63, 3.8) is 0 Å². The highest BCUT2D eigenvalue weighted by Gasteiger charge is 2.47. The second-order valence-electron chi connectivity index (χ2n) is 12.0. The Labute approximate surface area is 227 Å². The quantitative estimate of drug-likeness (QED) is 0.260. The molecule has 2 atom stereocenters. The fraction of sp³-hybridized carbons (Fsp3) is 0.552. The maximum absolute atomic E-state index is 13.0. The molecule has 1 saturated carbocycles. The predicted octanol–water partition coefficient (Wildman–Crippen LogP) is 6.97. The number of hydrogen-bond acceptors (Lipinski definition) is 5. The summed E-state index contributed by atoms with van der Waals surface area (Å²) in [6.07, 6.45) is 3.32. The molecule has 1 aromatic rings. The van der Waals surface area contributed by atoms with E-state index in [0.717, 1.165) is 29.9 Å². The van der Waals surface area contributed by atoms with Gasteiger partial charge in [-0.15, -0.1) is 0 Å². The van der Waals surface area contributed by atoms with Crippen LogP contribution < -0.4 is 0 Å². The minimum Gasteiger partial charge on any atom is -0.412 e. The average molecular weight is 546 g/mol. The molecule has 0 heterocycles. The van der Waals surface area contributed by atoms with Gasteiger partial charge in [-0.3, -0.25) is 9.59 Å². The highest BCUT2D eigenvalue weighted by atomic mass is 35.5. The number of hydrogen-bond donors (Lipinski definition) is 0. The van der Waals surface area contributed by atoms with E-state index in [1.165, 1.54) is 5.57 Å². The van der Waals surface area contributed by atoms with Crippen LogP contribution in [-0.4, -0.2) is 43.2 Å². The molecule has 0 spiro atoms. The number of hydroxylamine groups is 2. The number of rotatable bonds is 8. The fourth-order valence-electron chi connectivity index (χ4n) is 5.04. The molecule has 0 aliphatic heterocycles. The lowest BCUT2D eigenvalue weighted by atomic mass is 9.76. The Bertz CT molecular complexity index is 1090. The molecule has 37 heavy (non-hydrogen) atoms. The van der Waals surface area contributed by atoms with E-state index in [0.29, 0.717) is 18.4 Å². The molecule has 0 bridgehead atoms. The van der Waals surface area contributed by atoms with E-state index in [1.807, 2.05) is 0 Å². The number of allylic oxidation sites excluding steroid dienone is 2. The molecule has 202 valence electrons. The molecule has 2 aliphatic carbocycles. The zero-order chi connectivity index (χ0) is 27.6. The fourth-order valence-corrected chi connectivity index (χ4v) is 6.87. The number of benzene rings is 1. The Morgan fingerprint density at radius 2 is 1.86 bits per heavy atom. The summed E-state index contributed by atoms with van der Waals surface area (Å²) in [4.78, 5) is 43.9. The van der Waals surface area contributed by atoms with Gasteiger partial charge in [0.25, 0.3) is 5.91 Å². The molecule has 0 N–H and O–H groups in total. The van der Waals surface area contributed by atoms with Gasteiger partial charge in [0.1, 0.15) is 0 Å². The summed E-state index contributed by atoms with van der Waals surface area (Å²) in [5.74, 6) is -0.800. The summed E-state index contributed by atoms with van der Waals surface area (Å²) in [6, 6.07) is 8.43. The standard InChI is InChI=1S/C29H40ClNO5Si/c1-20(30)19-31(35-27(34)21-11-9-8-10-12-21)26(33)14-13-24-23-15-16-29(5,18-22(23)17-25(24)32)36-37(6,7)28(2,3)4/h8-12,22H,1,13-19H2,2-7H3/t22-,29-/m1/s1. The van der Waals surface area contributed by atoms with Gasteiger partial charge in [0.05, 0.1) is 17.7 Å². The second kappa shape index (κ2) is 11.3. The van der Waals surface area contributed by atoms with E-state index in [9.17, 15) is 14.4 Å². The molecule has 0 saturated heterocycles. The third-order valence-corrected chi connectivity index (χ3v) is 12.7. The van der Waals surface area contributed by atoms with E-state index in [2.05, 4.69) is 47.4 Å². The molecule has 0 unspecified atom stereocenters. The average Bonchev–Trinajstić information content (AvgIpc) is 3.09. The van der Waals surface area contributed by atoms with Crippen LogP contribution in [0.15, 0.2) is 53.1 Å². The van der Waals surface area contributed by atoms with E-state index in [1.54, 1.807) is 30.3 Å². The minimum absolute atomic E-state index is 0.0429. The van der Waals surface area contributed by atoms with E-state index < -0.39 is 20.2 Å². The lowest BCUT2D eigenvalue weighted by Crippen LogP contribution is -2.50. The zero-order valence-corrected chi connectivity index (χ0v) is 24.7. The molecule has 8 heteroatoms. The summed E-state index contributed by atoms with van der Waals surface area (Å²) in [5, 5.41) is 1.23. The lowest BCUT2D eigenvalue weighted by molar-refractivity contribution is -0.165. The Kier molecular flexibility index (Phi) is 8.92. The third kappa shape index (κ3) is 7.21. The van der Waals surface area contributed by atoms with Gasteiger partial charge >= 0.3 is 5.97 Å². The summed E-state index contributed by atoms with van der Waals surface area (Å²) < 4.78 is 6.82. The molecular formula is C29H40ClNO5Si. The predicted molar refractivity (Wildman–Crippen MR) is 148 cm³/mol. The first-order valence-corrected chi connectivity index (χ1v) is 16.3. The summed E-state index contributed by atoms with van der Waals surface area (Å²) in [7, 11) is -1.95. The molecule has 6 nitrogen and oxygen atoms in total. The van der Waals surface area contributed by atoms with Crippen molar-refractivity contribution in [3.05, 3.63) is 58.7 Å². The van der Waals surface area contributed by atoms with Crippen molar-refractivity contribution in [2.75, 3.05) is 6.54 Å². The number of halogens is 1. The SMILES string of the molecule is C=C(Cl)CN(OC(=O)c1ccccc1)C(=O)CCC1=C2CC[C@@](C)(O[Si](C)(C)C(C)(C)C)C[C@H]2CC1=O. The zero-order valence-electron chi connectivity index (χ0n) is 23.0. The van der Waals surface area contributed by atoms with Crippen LogP contribution in [0.4, 0.5) is 0 Å². The number of carbonyl (C=O) groups is 3. The Morgan fingerprint density at radius 3 is 2.46 bits per heavy atom. The number of fused-ring (bicyclic) bond motifs is 1. The smallest absolute Gasteiger partial charge is 0.363 e. The van der Waals surface area contributed by atoms with Crippen LogP contribution in [0.25, 0.3) is 0 Å². The maximum atomic E-state index is 13.0. The van der Waals surface area contributed by atoms with Crippen molar-refractivity contribution < 1.29 is 23.6 Å². The first kappa shape index (κ1) is 29.3. The normalized spacial score (nSPS) is 22.0. The minimum atomic E-state index is -1.95. The first-order valence-electron chi connectivity index (χ1n) is 13.0.